The van der Waals surface area contributed by atoms with Crippen molar-refractivity contribution >= 4 is 14.6 Å². The molecule has 2 nitrogen and oxygen atoms in total. The molecule has 100 valence electrons. The second kappa shape index (κ2) is 7.12. The van der Waals surface area contributed by atoms with Crippen LogP contribution in [0.5, 0.6) is 0 Å². The predicted molar refractivity (Wildman–Crippen MR) is 76.8 cm³/mol. The van der Waals surface area contributed by atoms with Crippen LogP contribution in [0, 0.1) is 0 Å². The largest absolute Gasteiger partial charge is 0.411 e. The summed E-state index contributed by atoms with van der Waals surface area (Å²) in [6.45, 7) is 13.4. The van der Waals surface area contributed by atoms with Crippen LogP contribution < -0.4 is 0 Å². The summed E-state index contributed by atoms with van der Waals surface area (Å²) in [4.78, 5) is 10.4. The summed E-state index contributed by atoms with van der Waals surface area (Å²) in [5.41, 5.74) is 0. The van der Waals surface area contributed by atoms with Crippen LogP contribution >= 0.6 is 0 Å². The fourth-order valence-electron chi connectivity index (χ4n) is 1.32. The van der Waals surface area contributed by atoms with E-state index in [2.05, 4.69) is 40.8 Å². The van der Waals surface area contributed by atoms with Gasteiger partial charge in [0.2, 0.25) is 0 Å². The van der Waals surface area contributed by atoms with Crippen LogP contribution in [0.4, 0.5) is 0 Å². The van der Waals surface area contributed by atoms with E-state index >= 15 is 0 Å². The third-order valence-corrected chi connectivity index (χ3v) is 8.00. The summed E-state index contributed by atoms with van der Waals surface area (Å²) in [5, 5.41) is 0.215. The highest BCUT2D eigenvalue weighted by atomic mass is 28.4. The Labute approximate surface area is 108 Å². The first-order valence-corrected chi connectivity index (χ1v) is 9.45. The van der Waals surface area contributed by atoms with Gasteiger partial charge < -0.3 is 4.43 Å². The van der Waals surface area contributed by atoms with Gasteiger partial charge in [-0.25, -0.2) is 0 Å². The molecule has 0 aliphatic carbocycles. The van der Waals surface area contributed by atoms with Gasteiger partial charge >= 0.3 is 0 Å². The molecule has 1 unspecified atom stereocenters. The number of rotatable bonds is 7. The van der Waals surface area contributed by atoms with Crippen LogP contribution in [0.15, 0.2) is 12.2 Å². The van der Waals surface area contributed by atoms with Gasteiger partial charge in [-0.2, -0.15) is 0 Å². The molecule has 0 radical (unpaired) electrons. The smallest absolute Gasteiger partial charge is 0.192 e. The summed E-state index contributed by atoms with van der Waals surface area (Å²) in [7, 11) is -1.74. The van der Waals surface area contributed by atoms with E-state index in [9.17, 15) is 4.79 Å². The molecular formula is C14H28O2Si. The van der Waals surface area contributed by atoms with Crippen molar-refractivity contribution < 1.29 is 9.22 Å². The highest BCUT2D eigenvalue weighted by Gasteiger charge is 2.38. The lowest BCUT2D eigenvalue weighted by atomic mass is 10.1. The summed E-state index contributed by atoms with van der Waals surface area (Å²) in [6, 6.07) is 0. The summed E-state index contributed by atoms with van der Waals surface area (Å²) in [5.74, 6) is 0. The minimum atomic E-state index is -1.74. The van der Waals surface area contributed by atoms with Gasteiger partial charge in [0.25, 0.3) is 0 Å². The standard InChI is InChI=1S/C14H28O2Si/c1-7-8-10-13(11-9-12-15)16-17(5,6)14(2,3)4/h9,11-13H,7-8,10H2,1-6H3. The molecule has 0 amide bonds. The number of hydrogen-bond acceptors (Lipinski definition) is 2. The molecule has 3 heteroatoms. The lowest BCUT2D eigenvalue weighted by Crippen LogP contribution is -2.43. The lowest BCUT2D eigenvalue weighted by molar-refractivity contribution is -0.104. The zero-order valence-electron chi connectivity index (χ0n) is 12.2. The fraction of sp³-hybridized carbons (Fsp3) is 0.786. The van der Waals surface area contributed by atoms with Gasteiger partial charge in [0.1, 0.15) is 6.29 Å². The van der Waals surface area contributed by atoms with Gasteiger partial charge in [-0.3, -0.25) is 4.79 Å². The zero-order valence-corrected chi connectivity index (χ0v) is 13.2. The Bertz CT molecular complexity index is 251. The number of carbonyl (C=O) groups excluding carboxylic acids is 1. The summed E-state index contributed by atoms with van der Waals surface area (Å²) >= 11 is 0. The van der Waals surface area contributed by atoms with Crippen LogP contribution in [0.25, 0.3) is 0 Å². The molecule has 0 bridgehead atoms. The van der Waals surface area contributed by atoms with Gasteiger partial charge in [0.15, 0.2) is 8.32 Å². The quantitative estimate of drug-likeness (QED) is 0.385. The second-order valence-corrected chi connectivity index (χ2v) is 10.8. The first-order valence-electron chi connectivity index (χ1n) is 6.54. The topological polar surface area (TPSA) is 26.3 Å². The van der Waals surface area contributed by atoms with Crippen molar-refractivity contribution in [3.05, 3.63) is 12.2 Å². The fourth-order valence-corrected chi connectivity index (χ4v) is 2.63. The number of carbonyl (C=O) groups is 1. The van der Waals surface area contributed by atoms with Gasteiger partial charge in [-0.15, -0.1) is 0 Å². The number of unbranched alkanes of at least 4 members (excludes halogenated alkanes) is 1. The monoisotopic (exact) mass is 256 g/mol. The minimum absolute atomic E-state index is 0.0982. The molecule has 0 aliphatic rings. The van der Waals surface area contributed by atoms with Crippen molar-refractivity contribution in [2.45, 2.75) is 71.2 Å². The highest BCUT2D eigenvalue weighted by Crippen LogP contribution is 2.37. The number of hydrogen-bond donors (Lipinski definition) is 0. The SMILES string of the molecule is CCCCC(C=CC=O)O[Si](C)(C)C(C)(C)C. The van der Waals surface area contributed by atoms with Crippen molar-refractivity contribution in [1.82, 2.24) is 0 Å². The molecule has 0 saturated carbocycles. The molecule has 0 aromatic heterocycles. The van der Waals surface area contributed by atoms with Crippen LogP contribution in [-0.4, -0.2) is 20.7 Å². The van der Waals surface area contributed by atoms with E-state index < -0.39 is 8.32 Å². The molecule has 0 N–H and O–H groups in total. The van der Waals surface area contributed by atoms with E-state index in [1.54, 1.807) is 6.08 Å². The molecule has 0 fully saturated rings. The maximum Gasteiger partial charge on any atom is 0.192 e. The number of allylic oxidation sites excluding steroid dienone is 1. The highest BCUT2D eigenvalue weighted by molar-refractivity contribution is 6.74. The van der Waals surface area contributed by atoms with Crippen molar-refractivity contribution in [3.8, 4) is 0 Å². The molecule has 1 atom stereocenters. The molecular weight excluding hydrogens is 228 g/mol. The Kier molecular flexibility index (Phi) is 6.94. The lowest BCUT2D eigenvalue weighted by Gasteiger charge is -2.38. The van der Waals surface area contributed by atoms with Gasteiger partial charge in [-0.1, -0.05) is 46.6 Å². The minimum Gasteiger partial charge on any atom is -0.411 e. The summed E-state index contributed by atoms with van der Waals surface area (Å²) < 4.78 is 6.30. The maximum absolute atomic E-state index is 10.4. The molecule has 0 aliphatic heterocycles. The van der Waals surface area contributed by atoms with E-state index in [1.807, 2.05) is 6.08 Å². The van der Waals surface area contributed by atoms with Gasteiger partial charge in [-0.05, 0) is 30.6 Å². The Morgan fingerprint density at radius 1 is 1.29 bits per heavy atom. The van der Waals surface area contributed by atoms with Crippen molar-refractivity contribution in [1.29, 1.82) is 0 Å². The molecule has 0 spiro atoms. The average molecular weight is 256 g/mol. The zero-order chi connectivity index (χ0) is 13.5. The molecule has 0 saturated heterocycles. The van der Waals surface area contributed by atoms with E-state index in [4.69, 9.17) is 4.43 Å². The Balaban J connectivity index is 4.61. The first kappa shape index (κ1) is 16.6. The third kappa shape index (κ3) is 6.17. The summed E-state index contributed by atoms with van der Waals surface area (Å²) in [6.07, 6.45) is 7.70. The molecule has 0 rings (SSSR count). The molecule has 0 aromatic carbocycles. The molecule has 0 heterocycles. The van der Waals surface area contributed by atoms with Crippen molar-refractivity contribution in [2.24, 2.45) is 0 Å². The van der Waals surface area contributed by atoms with Gasteiger partial charge in [0.05, 0.1) is 6.10 Å². The maximum atomic E-state index is 10.4. The van der Waals surface area contributed by atoms with Crippen LogP contribution in [0.3, 0.4) is 0 Å². The van der Waals surface area contributed by atoms with Gasteiger partial charge in [0, 0.05) is 0 Å². The average Bonchev–Trinajstić information content (AvgIpc) is 2.20. The first-order chi connectivity index (χ1) is 7.74. The Hall–Kier alpha value is -0.413. The third-order valence-electron chi connectivity index (χ3n) is 3.50. The van der Waals surface area contributed by atoms with Crippen molar-refractivity contribution in [3.63, 3.8) is 0 Å². The predicted octanol–water partition coefficient (Wildman–Crippen LogP) is 4.32. The van der Waals surface area contributed by atoms with Crippen LogP contribution in [0.1, 0.15) is 47.0 Å². The number of aldehydes is 1. The normalized spacial score (nSPS) is 15.2. The van der Waals surface area contributed by atoms with E-state index in [-0.39, 0.29) is 11.1 Å². The second-order valence-electron chi connectivity index (χ2n) is 6.08. The van der Waals surface area contributed by atoms with Crippen LogP contribution in [-0.2, 0) is 9.22 Å². The molecule has 0 aromatic rings. The van der Waals surface area contributed by atoms with E-state index in [0.717, 1.165) is 25.5 Å². The van der Waals surface area contributed by atoms with E-state index in [0.29, 0.717) is 0 Å². The van der Waals surface area contributed by atoms with Crippen LogP contribution in [0.2, 0.25) is 18.1 Å². The Morgan fingerprint density at radius 3 is 2.29 bits per heavy atom. The van der Waals surface area contributed by atoms with Crippen molar-refractivity contribution in [2.75, 3.05) is 0 Å². The van der Waals surface area contributed by atoms with E-state index in [1.165, 1.54) is 0 Å². The molecule has 17 heavy (non-hydrogen) atoms. The Morgan fingerprint density at radius 2 is 1.88 bits per heavy atom.